The summed E-state index contributed by atoms with van der Waals surface area (Å²) in [4.78, 5) is 32.5. The van der Waals surface area contributed by atoms with Gasteiger partial charge in [-0.3, -0.25) is 9.59 Å². The van der Waals surface area contributed by atoms with Gasteiger partial charge >= 0.3 is 5.51 Å². The molecule has 0 radical (unpaired) electrons. The SMILES string of the molecule is COc1ccc(C(C)(C)c2nc(C(=O)C[C@@H](c3ccc(SC(F)(F)F)c(F)c3)C3CC3)cc(=O)[nH]2)cc1. The summed E-state index contributed by atoms with van der Waals surface area (Å²) in [5, 5.41) is 0. The number of hydrogen-bond donors (Lipinski definition) is 1. The average Bonchev–Trinajstić information content (AvgIpc) is 3.68. The molecule has 0 aliphatic heterocycles. The fourth-order valence-electron chi connectivity index (χ4n) is 4.36. The second kappa shape index (κ2) is 10.3. The van der Waals surface area contributed by atoms with Crippen molar-refractivity contribution >= 4 is 17.5 Å². The van der Waals surface area contributed by atoms with Crippen LogP contribution in [0.1, 0.15) is 66.5 Å². The first kappa shape index (κ1) is 26.9. The molecule has 1 aliphatic carbocycles. The van der Waals surface area contributed by atoms with Crippen LogP contribution < -0.4 is 10.3 Å². The number of carbonyl (C=O) groups is 1. The van der Waals surface area contributed by atoms with Crippen molar-refractivity contribution in [1.82, 2.24) is 9.97 Å². The molecule has 2 aromatic carbocycles. The summed E-state index contributed by atoms with van der Waals surface area (Å²) in [7, 11) is 1.56. The Kier molecular flexibility index (Phi) is 7.50. The first-order valence-electron chi connectivity index (χ1n) is 11.7. The summed E-state index contributed by atoms with van der Waals surface area (Å²) in [6.45, 7) is 3.75. The number of halogens is 4. The molecule has 1 aromatic heterocycles. The van der Waals surface area contributed by atoms with Crippen LogP contribution in [0.4, 0.5) is 17.6 Å². The maximum atomic E-state index is 14.5. The molecule has 1 heterocycles. The predicted molar refractivity (Wildman–Crippen MR) is 133 cm³/mol. The number of nitrogens with one attached hydrogen (secondary N) is 1. The van der Waals surface area contributed by atoms with Crippen LogP contribution >= 0.6 is 11.8 Å². The van der Waals surface area contributed by atoms with E-state index in [1.807, 2.05) is 26.0 Å². The summed E-state index contributed by atoms with van der Waals surface area (Å²) in [6.07, 6.45) is 1.63. The van der Waals surface area contributed by atoms with E-state index in [9.17, 15) is 27.2 Å². The highest BCUT2D eigenvalue weighted by Crippen LogP contribution is 2.46. The summed E-state index contributed by atoms with van der Waals surface area (Å²) in [5.74, 6) is -0.638. The van der Waals surface area contributed by atoms with Crippen molar-refractivity contribution in [2.75, 3.05) is 7.11 Å². The third kappa shape index (κ3) is 6.41. The number of thioether (sulfide) groups is 1. The first-order chi connectivity index (χ1) is 17.4. The second-order valence-electron chi connectivity index (χ2n) is 9.64. The van der Waals surface area contributed by atoms with E-state index in [2.05, 4.69) is 9.97 Å². The number of methoxy groups -OCH3 is 1. The van der Waals surface area contributed by atoms with Gasteiger partial charge in [-0.1, -0.05) is 18.2 Å². The number of benzene rings is 2. The number of aromatic amines is 1. The lowest BCUT2D eigenvalue weighted by Crippen LogP contribution is -2.28. The number of H-pyrrole nitrogens is 1. The zero-order valence-corrected chi connectivity index (χ0v) is 21.3. The van der Waals surface area contributed by atoms with E-state index < -0.39 is 39.0 Å². The van der Waals surface area contributed by atoms with Crippen LogP contribution in [0.25, 0.3) is 0 Å². The van der Waals surface area contributed by atoms with Gasteiger partial charge in [0.25, 0.3) is 5.56 Å². The van der Waals surface area contributed by atoms with Crippen molar-refractivity contribution in [1.29, 1.82) is 0 Å². The van der Waals surface area contributed by atoms with Gasteiger partial charge < -0.3 is 9.72 Å². The molecule has 3 aromatic rings. The Balaban J connectivity index is 1.59. The van der Waals surface area contributed by atoms with Gasteiger partial charge in [0.2, 0.25) is 0 Å². The van der Waals surface area contributed by atoms with Crippen molar-refractivity contribution < 1.29 is 27.1 Å². The standard InChI is InChI=1S/C27H26F4N2O3S/c1-26(2,17-7-9-18(36-3)10-8-17)25-32-21(14-24(35)33-25)22(34)13-19(15-4-5-15)16-6-11-23(20(28)12-16)37-27(29,30)31/h6-12,14-15,19H,4-5,13H2,1-3H3,(H,32,33,35)/t19-/m1/s1. The van der Waals surface area contributed by atoms with Gasteiger partial charge in [-0.25, -0.2) is 9.37 Å². The second-order valence-corrected chi connectivity index (χ2v) is 10.7. The largest absolute Gasteiger partial charge is 0.497 e. The maximum absolute atomic E-state index is 14.5. The molecular weight excluding hydrogens is 508 g/mol. The minimum atomic E-state index is -4.60. The van der Waals surface area contributed by atoms with Gasteiger partial charge in [-0.2, -0.15) is 13.2 Å². The van der Waals surface area contributed by atoms with Gasteiger partial charge in [0, 0.05) is 17.9 Å². The third-order valence-corrected chi connectivity index (χ3v) is 7.42. The molecule has 4 rings (SSSR count). The van der Waals surface area contributed by atoms with Gasteiger partial charge in [0.15, 0.2) is 5.78 Å². The van der Waals surface area contributed by atoms with Gasteiger partial charge in [0.05, 0.1) is 12.0 Å². The fraction of sp³-hybridized carbons (Fsp3) is 0.370. The number of nitrogens with zero attached hydrogens (tertiary/aromatic N) is 1. The monoisotopic (exact) mass is 534 g/mol. The molecule has 0 bridgehead atoms. The molecule has 1 saturated carbocycles. The molecular formula is C27H26F4N2O3S. The Hall–Kier alpha value is -3.14. The smallest absolute Gasteiger partial charge is 0.446 e. The Morgan fingerprint density at radius 2 is 1.81 bits per heavy atom. The van der Waals surface area contributed by atoms with Crippen LogP contribution in [0.15, 0.2) is 58.2 Å². The highest BCUT2D eigenvalue weighted by Gasteiger charge is 2.36. The lowest BCUT2D eigenvalue weighted by molar-refractivity contribution is -0.0329. The molecule has 1 aliphatic rings. The van der Waals surface area contributed by atoms with E-state index in [0.29, 0.717) is 17.1 Å². The van der Waals surface area contributed by atoms with E-state index in [4.69, 9.17) is 4.74 Å². The third-order valence-electron chi connectivity index (χ3n) is 6.64. The van der Waals surface area contributed by atoms with Gasteiger partial charge in [-0.05, 0) is 85.7 Å². The molecule has 37 heavy (non-hydrogen) atoms. The molecule has 0 saturated heterocycles. The number of hydrogen-bond acceptors (Lipinski definition) is 5. The Bertz CT molecular complexity index is 1350. The predicted octanol–water partition coefficient (Wildman–Crippen LogP) is 6.62. The van der Waals surface area contributed by atoms with Crippen LogP contribution in [0.3, 0.4) is 0 Å². The van der Waals surface area contributed by atoms with Crippen molar-refractivity contribution in [3.63, 3.8) is 0 Å². The number of aromatic nitrogens is 2. The van der Waals surface area contributed by atoms with Crippen LogP contribution in [-0.4, -0.2) is 28.4 Å². The number of Topliss-reactive ketones (excluding diaryl/α,β-unsaturated/α-hetero) is 1. The van der Waals surface area contributed by atoms with E-state index in [1.165, 1.54) is 6.07 Å². The minimum absolute atomic E-state index is 0.00398. The number of ketones is 1. The van der Waals surface area contributed by atoms with Gasteiger partial charge in [-0.15, -0.1) is 0 Å². The van der Waals surface area contributed by atoms with Crippen LogP contribution in [0.2, 0.25) is 0 Å². The zero-order chi connectivity index (χ0) is 27.0. The minimum Gasteiger partial charge on any atom is -0.497 e. The number of carbonyl (C=O) groups excluding carboxylic acids is 1. The molecule has 0 unspecified atom stereocenters. The normalized spacial score (nSPS) is 14.9. The Labute approximate surface area is 215 Å². The summed E-state index contributed by atoms with van der Waals surface area (Å²) >= 11 is -0.509. The zero-order valence-electron chi connectivity index (χ0n) is 20.5. The van der Waals surface area contributed by atoms with E-state index in [-0.39, 0.29) is 29.7 Å². The van der Waals surface area contributed by atoms with Gasteiger partial charge in [0.1, 0.15) is 23.1 Å². The van der Waals surface area contributed by atoms with Crippen molar-refractivity contribution in [2.45, 2.75) is 54.8 Å². The molecule has 196 valence electrons. The van der Waals surface area contributed by atoms with E-state index in [0.717, 1.165) is 36.6 Å². The maximum Gasteiger partial charge on any atom is 0.446 e. The molecule has 1 atom stereocenters. The molecule has 0 spiro atoms. The summed E-state index contributed by atoms with van der Waals surface area (Å²) in [5.41, 5.74) is -4.49. The van der Waals surface area contributed by atoms with Crippen molar-refractivity contribution in [3.8, 4) is 5.75 Å². The van der Waals surface area contributed by atoms with Crippen molar-refractivity contribution in [3.05, 3.63) is 87.3 Å². The average molecular weight is 535 g/mol. The number of alkyl halides is 3. The Morgan fingerprint density at radius 1 is 1.14 bits per heavy atom. The molecule has 0 amide bonds. The lowest BCUT2D eigenvalue weighted by atomic mass is 9.83. The van der Waals surface area contributed by atoms with E-state index >= 15 is 0 Å². The molecule has 1 fully saturated rings. The fourth-order valence-corrected chi connectivity index (χ4v) is 4.90. The first-order valence-corrected chi connectivity index (χ1v) is 12.5. The quantitative estimate of drug-likeness (QED) is 0.190. The van der Waals surface area contributed by atoms with E-state index in [1.54, 1.807) is 19.2 Å². The van der Waals surface area contributed by atoms with Crippen LogP contribution in [-0.2, 0) is 5.41 Å². The number of rotatable bonds is 9. The molecule has 1 N–H and O–H groups in total. The molecule has 10 heteroatoms. The number of ether oxygens (including phenoxy) is 1. The highest BCUT2D eigenvalue weighted by molar-refractivity contribution is 8.00. The summed E-state index contributed by atoms with van der Waals surface area (Å²) < 4.78 is 57.7. The van der Waals surface area contributed by atoms with Crippen LogP contribution in [0.5, 0.6) is 5.75 Å². The van der Waals surface area contributed by atoms with Crippen LogP contribution in [0, 0.1) is 11.7 Å². The highest BCUT2D eigenvalue weighted by atomic mass is 32.2. The summed E-state index contributed by atoms with van der Waals surface area (Å²) in [6, 6.07) is 12.1. The lowest BCUT2D eigenvalue weighted by Gasteiger charge is -2.25. The van der Waals surface area contributed by atoms with Crippen molar-refractivity contribution in [2.24, 2.45) is 5.92 Å². The topological polar surface area (TPSA) is 72.0 Å². The molecule has 5 nitrogen and oxygen atoms in total. The Morgan fingerprint density at radius 3 is 2.38 bits per heavy atom.